The number of phenolic OH excluding ortho intramolecular Hbond substituents is 1. The summed E-state index contributed by atoms with van der Waals surface area (Å²) in [5.41, 5.74) is 14.4. The number of hydrogen-bond donors (Lipinski definition) is 4. The number of phenols is 1. The summed E-state index contributed by atoms with van der Waals surface area (Å²) in [4.78, 5) is 48.1. The van der Waals surface area contributed by atoms with Crippen molar-refractivity contribution in [3.63, 3.8) is 0 Å². The van der Waals surface area contributed by atoms with Crippen LogP contribution in [0.25, 0.3) is 21.7 Å². The zero-order valence-corrected chi connectivity index (χ0v) is 47.9. The smallest absolute Gasteiger partial charge is 0.243 e. The molecule has 5 N–H and O–H groups in total. The summed E-state index contributed by atoms with van der Waals surface area (Å²) in [5, 5.41) is 36.8. The first-order chi connectivity index (χ1) is 38.3. The molecule has 5 aliphatic heterocycles. The molecule has 5 aromatic rings. The Kier molecular flexibility index (Phi) is 16.7. The van der Waals surface area contributed by atoms with Crippen LogP contribution in [-0.2, 0) is 9.59 Å². The number of rotatable bonds is 19. The topological polar surface area (TPSA) is 197 Å². The highest BCUT2D eigenvalue weighted by atomic mass is 32.1. The van der Waals surface area contributed by atoms with Gasteiger partial charge in [0.15, 0.2) is 17.4 Å². The number of aromatic nitrogens is 4. The second-order valence-electron chi connectivity index (χ2n) is 24.7. The zero-order valence-electron chi connectivity index (χ0n) is 47.1. The van der Waals surface area contributed by atoms with Crippen LogP contribution in [-0.4, -0.2) is 166 Å². The second-order valence-corrected chi connectivity index (χ2v) is 25.6. The Morgan fingerprint density at radius 3 is 2.30 bits per heavy atom. The summed E-state index contributed by atoms with van der Waals surface area (Å²) in [6, 6.07) is 19.3. The summed E-state index contributed by atoms with van der Waals surface area (Å²) < 4.78 is 6.01. The fourth-order valence-corrected chi connectivity index (χ4v) is 15.2. The van der Waals surface area contributed by atoms with E-state index >= 15 is 0 Å². The molecule has 3 unspecified atom stereocenters. The maximum Gasteiger partial charge on any atom is 0.243 e. The second kappa shape index (κ2) is 23.8. The predicted molar refractivity (Wildman–Crippen MR) is 311 cm³/mol. The van der Waals surface area contributed by atoms with Crippen LogP contribution in [0.1, 0.15) is 120 Å². The number of anilines is 3. The van der Waals surface area contributed by atoms with Crippen LogP contribution in [0.4, 0.5) is 17.3 Å². The number of carbonyl (C=O) groups is 2. The number of hydrogen-bond acceptors (Lipinski definition) is 16. The van der Waals surface area contributed by atoms with Gasteiger partial charge in [-0.25, -0.2) is 4.98 Å². The van der Waals surface area contributed by atoms with E-state index in [-0.39, 0.29) is 36.1 Å². The van der Waals surface area contributed by atoms with Crippen LogP contribution in [0.2, 0.25) is 0 Å². The SMILES string of the molecule is Cc1ncsc1-c1ccc(C(C)NC(=O)C2CCCN2C(=O)C(c2cc(N3CCC(CN4CCC5(CC4)CC(N(CCO)CCCN4CC6(CCN(c7cc(-c8ccccc8O)nnc7N)CC6)C4)C5)CC3)no2)C(C)C)cc1. The fourth-order valence-electron chi connectivity index (χ4n) is 14.4. The number of benzene rings is 2. The van der Waals surface area contributed by atoms with Crippen molar-refractivity contribution in [3.05, 3.63) is 83.2 Å². The van der Waals surface area contributed by atoms with Crippen LogP contribution in [0.15, 0.2) is 70.7 Å². The van der Waals surface area contributed by atoms with Crippen molar-refractivity contribution in [3.8, 4) is 27.4 Å². The van der Waals surface area contributed by atoms with Gasteiger partial charge in [-0.1, -0.05) is 55.4 Å². The van der Waals surface area contributed by atoms with Gasteiger partial charge in [0.1, 0.15) is 17.7 Å². The van der Waals surface area contributed by atoms with E-state index in [2.05, 4.69) is 74.4 Å². The lowest BCUT2D eigenvalue weighted by Gasteiger charge is -2.56. The van der Waals surface area contributed by atoms with E-state index in [0.29, 0.717) is 58.6 Å². The highest BCUT2D eigenvalue weighted by Gasteiger charge is 2.49. The Labute approximate surface area is 470 Å². The molecule has 18 heteroatoms. The number of nitrogens with two attached hydrogens (primary N) is 1. The number of piperidine rings is 3. The average Bonchev–Trinajstić information content (AvgIpc) is 4.38. The molecule has 5 saturated heterocycles. The average molecular weight is 1100 g/mol. The molecule has 79 heavy (non-hydrogen) atoms. The number of aliphatic hydroxyl groups excluding tert-OH is 1. The van der Waals surface area contributed by atoms with Crippen molar-refractivity contribution in [1.29, 1.82) is 0 Å². The molecule has 1 saturated carbocycles. The summed E-state index contributed by atoms with van der Waals surface area (Å²) in [7, 11) is 0. The third-order valence-corrected chi connectivity index (χ3v) is 20.1. The summed E-state index contributed by atoms with van der Waals surface area (Å²) in [5.74, 6) is 1.92. The number of para-hydroxylation sites is 1. The quantitative estimate of drug-likeness (QED) is 0.0617. The first-order valence-corrected chi connectivity index (χ1v) is 30.4. The van der Waals surface area contributed by atoms with Crippen molar-refractivity contribution < 1.29 is 24.3 Å². The highest BCUT2D eigenvalue weighted by Crippen LogP contribution is 2.51. The molecular formula is C61H84N12O5S. The lowest BCUT2D eigenvalue weighted by molar-refractivity contribution is -0.141. The number of nitrogen functional groups attached to an aromatic ring is 1. The number of aromatic hydroxyl groups is 1. The minimum Gasteiger partial charge on any atom is -0.507 e. The van der Waals surface area contributed by atoms with Crippen LogP contribution >= 0.6 is 11.3 Å². The lowest BCUT2D eigenvalue weighted by atomic mass is 9.60. The molecule has 17 nitrogen and oxygen atoms in total. The number of likely N-dealkylation sites (tertiary alicyclic amines) is 3. The Balaban J connectivity index is 0.582. The molecule has 2 amide bonds. The fraction of sp³-hybridized carbons (Fsp3) is 0.607. The minimum atomic E-state index is -0.521. The van der Waals surface area contributed by atoms with Crippen LogP contribution in [0.3, 0.4) is 0 Å². The van der Waals surface area contributed by atoms with E-state index in [0.717, 1.165) is 137 Å². The first kappa shape index (κ1) is 55.3. The molecule has 2 spiro atoms. The minimum absolute atomic E-state index is 0.0308. The number of carbonyl (C=O) groups excluding carboxylic acids is 2. The van der Waals surface area contributed by atoms with E-state index in [1.165, 1.54) is 38.8 Å². The van der Waals surface area contributed by atoms with Gasteiger partial charge < -0.3 is 50.3 Å². The number of amides is 2. The Hall–Kier alpha value is -5.66. The van der Waals surface area contributed by atoms with Gasteiger partial charge in [-0.3, -0.25) is 14.5 Å². The lowest BCUT2D eigenvalue weighted by Crippen LogP contribution is -2.60. The van der Waals surface area contributed by atoms with E-state index in [9.17, 15) is 19.8 Å². The number of nitrogens with one attached hydrogen (secondary N) is 1. The van der Waals surface area contributed by atoms with Crippen molar-refractivity contribution in [2.24, 2.45) is 22.7 Å². The maximum absolute atomic E-state index is 14.4. The van der Waals surface area contributed by atoms with Crippen molar-refractivity contribution in [2.75, 3.05) is 107 Å². The maximum atomic E-state index is 14.4. The van der Waals surface area contributed by atoms with Crippen molar-refractivity contribution >= 4 is 40.5 Å². The molecule has 3 aromatic heterocycles. The normalized spacial score (nSPS) is 21.7. The van der Waals surface area contributed by atoms with E-state index in [1.807, 2.05) is 57.5 Å². The summed E-state index contributed by atoms with van der Waals surface area (Å²) in [6.45, 7) is 21.3. The zero-order chi connectivity index (χ0) is 54.8. The van der Waals surface area contributed by atoms with Crippen LogP contribution in [0.5, 0.6) is 5.75 Å². The number of thiazole rings is 1. The molecule has 0 bridgehead atoms. The van der Waals surface area contributed by atoms with Gasteiger partial charge in [-0.2, -0.15) is 0 Å². The Morgan fingerprint density at radius 2 is 1.61 bits per heavy atom. The van der Waals surface area contributed by atoms with Gasteiger partial charge >= 0.3 is 0 Å². The third-order valence-electron chi connectivity index (χ3n) is 19.2. The van der Waals surface area contributed by atoms with Crippen molar-refractivity contribution in [1.82, 2.24) is 45.3 Å². The van der Waals surface area contributed by atoms with E-state index in [4.69, 9.17) is 10.3 Å². The largest absolute Gasteiger partial charge is 0.507 e. The number of aryl methyl sites for hydroxylation is 1. The summed E-state index contributed by atoms with van der Waals surface area (Å²) >= 11 is 1.63. The standard InChI is InChI=1S/C61H84N12O5S/c1-41(2)55(59(77)73-24-7-10-50(73)58(76)64-42(3)45-12-14-46(15-13-45)56-43(4)63-40-79-56)53-34-54(67-78-53)72-25-16-44(17-26-72)37-68-27-18-60(19-28-68)35-47(36-60)70(31-32-74)23-8-22-69-38-61(39-69)20-29-71(30-21-61)51-33-49(65-66-57(51)62)48-9-5-6-11-52(48)75/h5-6,9,11-15,33-34,40-42,44,47,50,55,74-75H,7-8,10,16-32,35-39H2,1-4H3,(H2,62,66)(H,64,76). The van der Waals surface area contributed by atoms with Crippen LogP contribution in [0, 0.1) is 29.6 Å². The molecule has 424 valence electrons. The number of nitrogens with zero attached hydrogens (tertiary/aromatic N) is 10. The first-order valence-electron chi connectivity index (χ1n) is 29.6. The molecule has 11 rings (SSSR count). The van der Waals surface area contributed by atoms with Gasteiger partial charge in [0.25, 0.3) is 0 Å². The van der Waals surface area contributed by atoms with E-state index in [1.54, 1.807) is 28.4 Å². The van der Waals surface area contributed by atoms with Gasteiger partial charge in [0.2, 0.25) is 11.8 Å². The molecule has 0 radical (unpaired) electrons. The van der Waals surface area contributed by atoms with Gasteiger partial charge in [0.05, 0.1) is 40.1 Å². The van der Waals surface area contributed by atoms with Gasteiger partial charge in [-0.05, 0) is 163 Å². The molecular weight excluding hydrogens is 1010 g/mol. The van der Waals surface area contributed by atoms with Gasteiger partial charge in [-0.15, -0.1) is 21.5 Å². The molecule has 6 fully saturated rings. The highest BCUT2D eigenvalue weighted by molar-refractivity contribution is 7.13. The third kappa shape index (κ3) is 12.1. The number of aliphatic hydroxyl groups is 1. The molecule has 2 aromatic carbocycles. The monoisotopic (exact) mass is 1100 g/mol. The van der Waals surface area contributed by atoms with E-state index < -0.39 is 12.0 Å². The Morgan fingerprint density at radius 1 is 0.873 bits per heavy atom. The molecule has 1 aliphatic carbocycles. The summed E-state index contributed by atoms with van der Waals surface area (Å²) in [6.07, 6.45) is 12.1. The van der Waals surface area contributed by atoms with Gasteiger partial charge in [0, 0.05) is 76.6 Å². The molecule has 3 atom stereocenters. The molecule has 8 heterocycles. The van der Waals surface area contributed by atoms with Crippen LogP contribution < -0.4 is 20.9 Å². The van der Waals surface area contributed by atoms with Crippen molar-refractivity contribution in [2.45, 2.75) is 122 Å². The predicted octanol–water partition coefficient (Wildman–Crippen LogP) is 8.21. The Bertz CT molecular complexity index is 2850. The molecule has 6 aliphatic rings.